The molecule has 1 aliphatic carbocycles. The molecule has 0 unspecified atom stereocenters. The van der Waals surface area contributed by atoms with Crippen LogP contribution >= 0.6 is 0 Å². The number of rotatable bonds is 11. The van der Waals surface area contributed by atoms with Crippen LogP contribution in [0.2, 0.25) is 0 Å². The average molecular weight is 666 g/mol. The molecule has 1 aliphatic heterocycles. The summed E-state index contributed by atoms with van der Waals surface area (Å²) in [5, 5.41) is 11.8. The van der Waals surface area contributed by atoms with Crippen molar-refractivity contribution in [3.63, 3.8) is 0 Å². The van der Waals surface area contributed by atoms with Gasteiger partial charge >= 0.3 is 6.09 Å². The zero-order chi connectivity index (χ0) is 34.2. The van der Waals surface area contributed by atoms with Crippen molar-refractivity contribution in [3.8, 4) is 11.3 Å². The molecule has 1 N–H and O–H groups in total. The van der Waals surface area contributed by atoms with Gasteiger partial charge in [-0.3, -0.25) is 4.79 Å². The van der Waals surface area contributed by atoms with Gasteiger partial charge in [0.2, 0.25) is 0 Å². The van der Waals surface area contributed by atoms with E-state index in [-0.39, 0.29) is 37.3 Å². The summed E-state index contributed by atoms with van der Waals surface area (Å²) >= 11 is 0. The van der Waals surface area contributed by atoms with Gasteiger partial charge in [-0.15, -0.1) is 0 Å². The number of imidazole rings is 1. The number of methoxy groups -OCH3 is 1. The fourth-order valence-electron chi connectivity index (χ4n) is 7.29. The first-order valence-corrected chi connectivity index (χ1v) is 17.2. The molecule has 2 amide bonds. The van der Waals surface area contributed by atoms with E-state index in [1.165, 1.54) is 0 Å². The van der Waals surface area contributed by atoms with E-state index >= 15 is 0 Å². The van der Waals surface area contributed by atoms with Gasteiger partial charge in [0.05, 0.1) is 30.7 Å². The predicted octanol–water partition coefficient (Wildman–Crippen LogP) is 6.03. The highest BCUT2D eigenvalue weighted by molar-refractivity contribution is 5.98. The Labute approximate surface area is 288 Å². The van der Waals surface area contributed by atoms with Gasteiger partial charge in [-0.1, -0.05) is 91.7 Å². The van der Waals surface area contributed by atoms with E-state index in [2.05, 4.69) is 17.0 Å². The maximum absolute atomic E-state index is 14.7. The van der Waals surface area contributed by atoms with Crippen molar-refractivity contribution in [1.29, 1.82) is 0 Å². The van der Waals surface area contributed by atoms with E-state index in [1.807, 2.05) is 95.4 Å². The molecule has 2 aliphatic rings. The number of amides is 2. The summed E-state index contributed by atoms with van der Waals surface area (Å²) < 4.78 is 13.2. The van der Waals surface area contributed by atoms with Gasteiger partial charge < -0.3 is 33.8 Å². The number of carbonyl (C=O) groups excluding carboxylic acids is 2. The Kier molecular flexibility index (Phi) is 11.0. The van der Waals surface area contributed by atoms with Crippen molar-refractivity contribution in [1.82, 2.24) is 19.4 Å². The molecule has 49 heavy (non-hydrogen) atoms. The zero-order valence-electron chi connectivity index (χ0n) is 28.5. The summed E-state index contributed by atoms with van der Waals surface area (Å²) in [5.74, 6) is -0.187. The van der Waals surface area contributed by atoms with Crippen LogP contribution in [0, 0.1) is 0 Å². The van der Waals surface area contributed by atoms with Crippen LogP contribution in [-0.4, -0.2) is 95.0 Å². The second-order valence-corrected chi connectivity index (χ2v) is 13.2. The standard InChI is InChI=1S/C39H47N5O5/c1-41(32-18-10-5-11-19-32)23-21-33-26-42(38(46)49-27-30-14-6-3-7-15-30)24-25-43(33)37(45)35-36(31-16-8-4-9-17-31)44(29-40-35)34-20-12-13-22-39(34,47)28-48-2/h3-11,14-19,29,33-34,47H,12-13,20-28H2,1-2H3/t33-,34-,39-/m1/s1. The maximum atomic E-state index is 14.7. The molecule has 2 fully saturated rings. The highest BCUT2D eigenvalue weighted by atomic mass is 16.6. The maximum Gasteiger partial charge on any atom is 0.410 e. The lowest BCUT2D eigenvalue weighted by atomic mass is 9.80. The van der Waals surface area contributed by atoms with Gasteiger partial charge in [-0.2, -0.15) is 0 Å². The number of para-hydroxylation sites is 1. The van der Waals surface area contributed by atoms with E-state index in [9.17, 15) is 14.7 Å². The Hall–Kier alpha value is -4.67. The Morgan fingerprint density at radius 3 is 2.37 bits per heavy atom. The molecule has 0 bridgehead atoms. The van der Waals surface area contributed by atoms with Crippen LogP contribution in [0.5, 0.6) is 0 Å². The molecular weight excluding hydrogens is 618 g/mol. The number of aliphatic hydroxyl groups is 1. The molecule has 4 aromatic rings. The Morgan fingerprint density at radius 2 is 1.65 bits per heavy atom. The SMILES string of the molecule is COC[C@]1(O)CCCC[C@H]1n1cnc(C(=O)N2CCN(C(=O)OCc3ccccc3)C[C@H]2CCN(C)c2ccccc2)c1-c1ccccc1. The van der Waals surface area contributed by atoms with Crippen LogP contribution < -0.4 is 4.90 Å². The Morgan fingerprint density at radius 1 is 0.959 bits per heavy atom. The number of hydrogen-bond acceptors (Lipinski definition) is 7. The molecule has 3 aromatic carbocycles. The molecule has 1 saturated heterocycles. The molecule has 1 aromatic heterocycles. The van der Waals surface area contributed by atoms with Gasteiger partial charge in [0.25, 0.3) is 5.91 Å². The van der Waals surface area contributed by atoms with Crippen molar-refractivity contribution in [2.24, 2.45) is 0 Å². The summed E-state index contributed by atoms with van der Waals surface area (Å²) in [5.41, 5.74) is 2.82. The molecule has 10 heteroatoms. The minimum absolute atomic E-state index is 0.187. The van der Waals surface area contributed by atoms with Crippen molar-refractivity contribution >= 4 is 17.7 Å². The zero-order valence-corrected chi connectivity index (χ0v) is 28.5. The Balaban J connectivity index is 1.28. The Bertz CT molecular complexity index is 1660. The van der Waals surface area contributed by atoms with Crippen molar-refractivity contribution < 1.29 is 24.2 Å². The molecule has 258 valence electrons. The fourth-order valence-corrected chi connectivity index (χ4v) is 7.29. The van der Waals surface area contributed by atoms with Crippen molar-refractivity contribution in [2.45, 2.75) is 56.4 Å². The third kappa shape index (κ3) is 7.81. The lowest BCUT2D eigenvalue weighted by Gasteiger charge is -2.42. The molecule has 0 radical (unpaired) electrons. The minimum atomic E-state index is -1.08. The lowest BCUT2D eigenvalue weighted by Crippen LogP contribution is -2.57. The fraction of sp³-hybridized carbons (Fsp3) is 0.410. The first kappa shape index (κ1) is 34.2. The summed E-state index contributed by atoms with van der Waals surface area (Å²) in [7, 11) is 3.65. The normalized spacial score (nSPS) is 21.0. The second-order valence-electron chi connectivity index (χ2n) is 13.2. The van der Waals surface area contributed by atoms with Gasteiger partial charge in [0.1, 0.15) is 12.2 Å². The van der Waals surface area contributed by atoms with Gasteiger partial charge in [-0.25, -0.2) is 9.78 Å². The van der Waals surface area contributed by atoms with Crippen molar-refractivity contribution in [3.05, 3.63) is 109 Å². The van der Waals surface area contributed by atoms with Crippen LogP contribution in [0.15, 0.2) is 97.3 Å². The van der Waals surface area contributed by atoms with Gasteiger partial charge in [-0.05, 0) is 37.0 Å². The molecule has 3 atom stereocenters. The number of ether oxygens (including phenoxy) is 2. The van der Waals surface area contributed by atoms with Crippen LogP contribution in [0.3, 0.4) is 0 Å². The molecule has 0 spiro atoms. The second kappa shape index (κ2) is 15.7. The quantitative estimate of drug-likeness (QED) is 0.209. The molecule has 10 nitrogen and oxygen atoms in total. The summed E-state index contributed by atoms with van der Waals surface area (Å²) in [6.45, 7) is 2.11. The average Bonchev–Trinajstić information content (AvgIpc) is 3.58. The van der Waals surface area contributed by atoms with E-state index < -0.39 is 5.60 Å². The van der Waals surface area contributed by atoms with Crippen LogP contribution in [0.4, 0.5) is 10.5 Å². The number of nitrogens with zero attached hydrogens (tertiary/aromatic N) is 5. The highest BCUT2D eigenvalue weighted by Gasteiger charge is 2.43. The van der Waals surface area contributed by atoms with Crippen LogP contribution in [-0.2, 0) is 16.1 Å². The summed E-state index contributed by atoms with van der Waals surface area (Å²) in [4.78, 5) is 38.5. The third-order valence-electron chi connectivity index (χ3n) is 9.93. The number of aromatic nitrogens is 2. The largest absolute Gasteiger partial charge is 0.445 e. The lowest BCUT2D eigenvalue weighted by molar-refractivity contribution is -0.0893. The van der Waals surface area contributed by atoms with E-state index in [0.29, 0.717) is 50.4 Å². The number of anilines is 1. The summed E-state index contributed by atoms with van der Waals surface area (Å²) in [6, 6.07) is 29.0. The molecule has 2 heterocycles. The summed E-state index contributed by atoms with van der Waals surface area (Å²) in [6.07, 6.45) is 5.20. The third-order valence-corrected chi connectivity index (χ3v) is 9.93. The van der Waals surface area contributed by atoms with E-state index in [0.717, 1.165) is 36.1 Å². The first-order chi connectivity index (χ1) is 23.9. The topological polar surface area (TPSA) is 100 Å². The van der Waals surface area contributed by atoms with Gasteiger partial charge in [0.15, 0.2) is 5.69 Å². The predicted molar refractivity (Wildman–Crippen MR) is 189 cm³/mol. The van der Waals surface area contributed by atoms with E-state index in [1.54, 1.807) is 18.3 Å². The minimum Gasteiger partial charge on any atom is -0.445 e. The number of carbonyl (C=O) groups is 2. The smallest absolute Gasteiger partial charge is 0.410 e. The number of piperazine rings is 1. The number of benzene rings is 3. The van der Waals surface area contributed by atoms with Crippen molar-refractivity contribution in [2.75, 3.05) is 51.8 Å². The van der Waals surface area contributed by atoms with E-state index in [4.69, 9.17) is 14.5 Å². The molecule has 6 rings (SSSR count). The highest BCUT2D eigenvalue weighted by Crippen LogP contribution is 2.41. The van der Waals surface area contributed by atoms with Gasteiger partial charge in [0, 0.05) is 51.6 Å². The first-order valence-electron chi connectivity index (χ1n) is 17.2. The monoisotopic (exact) mass is 665 g/mol. The number of hydrogen-bond donors (Lipinski definition) is 1. The molecule has 1 saturated carbocycles. The molecular formula is C39H47N5O5. The van der Waals surface area contributed by atoms with Crippen LogP contribution in [0.1, 0.15) is 54.2 Å². The van der Waals surface area contributed by atoms with Crippen LogP contribution in [0.25, 0.3) is 11.3 Å².